The second-order valence-electron chi connectivity index (χ2n) is 5.83. The van der Waals surface area contributed by atoms with Gasteiger partial charge in [0.2, 0.25) is 0 Å². The van der Waals surface area contributed by atoms with Crippen molar-refractivity contribution in [3.63, 3.8) is 0 Å². The fourth-order valence-corrected chi connectivity index (χ4v) is 2.98. The predicted molar refractivity (Wildman–Crippen MR) is 82.5 cm³/mol. The Morgan fingerprint density at radius 1 is 1.50 bits per heavy atom. The summed E-state index contributed by atoms with van der Waals surface area (Å²) in [6, 6.07) is 5.74. The van der Waals surface area contributed by atoms with Crippen LogP contribution in [0.3, 0.4) is 0 Å². The van der Waals surface area contributed by atoms with Crippen LogP contribution >= 0.6 is 0 Å². The minimum absolute atomic E-state index is 0.0216. The Labute approximate surface area is 129 Å². The maximum Gasteiger partial charge on any atom is 0.267 e. The molecule has 2 N–H and O–H groups in total. The van der Waals surface area contributed by atoms with Crippen molar-refractivity contribution in [3.05, 3.63) is 41.5 Å². The van der Waals surface area contributed by atoms with Crippen molar-refractivity contribution in [2.75, 3.05) is 13.2 Å². The van der Waals surface area contributed by atoms with Gasteiger partial charge in [-0.1, -0.05) is 0 Å². The minimum Gasteiger partial charge on any atom is -0.372 e. The molecule has 0 saturated carbocycles. The van der Waals surface area contributed by atoms with Gasteiger partial charge in [-0.15, -0.1) is 0 Å². The van der Waals surface area contributed by atoms with Crippen LogP contribution in [0.2, 0.25) is 0 Å². The highest BCUT2D eigenvalue weighted by Gasteiger charge is 2.29. The normalized spacial score (nSPS) is 21.7. The van der Waals surface area contributed by atoms with Crippen LogP contribution in [-0.4, -0.2) is 33.8 Å². The van der Waals surface area contributed by atoms with E-state index in [9.17, 15) is 4.79 Å². The third kappa shape index (κ3) is 2.92. The summed E-state index contributed by atoms with van der Waals surface area (Å²) in [7, 11) is 1.90. The Bertz CT molecular complexity index is 633. The first-order valence-electron chi connectivity index (χ1n) is 7.68. The number of hydrogen-bond donors (Lipinski definition) is 2. The van der Waals surface area contributed by atoms with Crippen molar-refractivity contribution in [1.29, 1.82) is 0 Å². The maximum atomic E-state index is 12.3. The highest BCUT2D eigenvalue weighted by Crippen LogP contribution is 2.32. The average Bonchev–Trinajstić information content (AvgIpc) is 3.17. The summed E-state index contributed by atoms with van der Waals surface area (Å²) in [5, 5.41) is 10.0. The number of rotatable bonds is 4. The van der Waals surface area contributed by atoms with Crippen LogP contribution in [0.5, 0.6) is 0 Å². The summed E-state index contributed by atoms with van der Waals surface area (Å²) in [6.07, 6.45) is 3.77. The molecule has 1 aliphatic rings. The van der Waals surface area contributed by atoms with Gasteiger partial charge in [-0.05, 0) is 38.0 Å². The molecular formula is C16H22N4O2. The number of carbonyl (C=O) groups is 1. The second-order valence-corrected chi connectivity index (χ2v) is 5.83. The van der Waals surface area contributed by atoms with Gasteiger partial charge < -0.3 is 14.6 Å². The lowest BCUT2D eigenvalue weighted by Gasteiger charge is -2.31. The molecular weight excluding hydrogens is 280 g/mol. The van der Waals surface area contributed by atoms with Gasteiger partial charge in [0.05, 0.1) is 5.69 Å². The van der Waals surface area contributed by atoms with Crippen LogP contribution < -0.4 is 5.32 Å². The molecule has 2 aromatic rings. The summed E-state index contributed by atoms with van der Waals surface area (Å²) in [5.41, 5.74) is 2.74. The summed E-state index contributed by atoms with van der Waals surface area (Å²) < 4.78 is 7.77. The van der Waals surface area contributed by atoms with Gasteiger partial charge in [-0.3, -0.25) is 9.89 Å². The number of aromatic amines is 1. The van der Waals surface area contributed by atoms with Crippen LogP contribution in [0.4, 0.5) is 0 Å². The molecule has 3 heterocycles. The summed E-state index contributed by atoms with van der Waals surface area (Å²) in [4.78, 5) is 12.3. The van der Waals surface area contributed by atoms with Gasteiger partial charge in [0.1, 0.15) is 11.8 Å². The molecule has 6 nitrogen and oxygen atoms in total. The standard InChI is InChI=1S/C16H22N4O2/c1-11-5-6-14(20(11)2)16(21)17-10-12-4-3-9-22-15(12)13-7-8-18-19-13/h5-8,12,15H,3-4,9-10H2,1-2H3,(H,17,21)(H,18,19)/t12-,15+/m0/s1. The largest absolute Gasteiger partial charge is 0.372 e. The molecule has 1 fully saturated rings. The fourth-order valence-electron chi connectivity index (χ4n) is 2.98. The number of nitrogens with one attached hydrogen (secondary N) is 2. The lowest BCUT2D eigenvalue weighted by molar-refractivity contribution is -0.0297. The highest BCUT2D eigenvalue weighted by atomic mass is 16.5. The van der Waals surface area contributed by atoms with Crippen molar-refractivity contribution in [1.82, 2.24) is 20.1 Å². The van der Waals surface area contributed by atoms with E-state index in [1.807, 2.05) is 36.7 Å². The molecule has 2 atom stereocenters. The fraction of sp³-hybridized carbons (Fsp3) is 0.500. The number of aromatic nitrogens is 3. The Morgan fingerprint density at radius 3 is 3.05 bits per heavy atom. The summed E-state index contributed by atoms with van der Waals surface area (Å²) >= 11 is 0. The first kappa shape index (κ1) is 14.8. The molecule has 0 spiro atoms. The molecule has 1 amide bonds. The monoisotopic (exact) mass is 302 g/mol. The van der Waals surface area contributed by atoms with Gasteiger partial charge in [0.15, 0.2) is 0 Å². The number of carbonyl (C=O) groups excluding carboxylic acids is 1. The predicted octanol–water partition coefficient (Wildman–Crippen LogP) is 1.95. The third-order valence-electron chi connectivity index (χ3n) is 4.40. The molecule has 3 rings (SSSR count). The molecule has 6 heteroatoms. The lowest BCUT2D eigenvalue weighted by atomic mass is 9.92. The van der Waals surface area contributed by atoms with Gasteiger partial charge in [0.25, 0.3) is 5.91 Å². The number of ether oxygens (including phenoxy) is 1. The van der Waals surface area contributed by atoms with Crippen LogP contribution in [0.15, 0.2) is 24.4 Å². The number of nitrogens with zero attached hydrogens (tertiary/aromatic N) is 2. The Kier molecular flexibility index (Phi) is 4.29. The molecule has 1 saturated heterocycles. The van der Waals surface area contributed by atoms with Gasteiger partial charge >= 0.3 is 0 Å². The van der Waals surface area contributed by atoms with E-state index in [4.69, 9.17) is 4.74 Å². The zero-order chi connectivity index (χ0) is 15.5. The summed E-state index contributed by atoms with van der Waals surface area (Å²) in [5.74, 6) is 0.226. The number of hydrogen-bond acceptors (Lipinski definition) is 3. The van der Waals surface area contributed by atoms with Gasteiger partial charge in [-0.2, -0.15) is 5.10 Å². The SMILES string of the molecule is Cc1ccc(C(=O)NC[C@@H]2CCCO[C@H]2c2ccn[nH]2)n1C. The molecule has 118 valence electrons. The van der Waals surface area contributed by atoms with Crippen molar-refractivity contribution >= 4 is 5.91 Å². The van der Waals surface area contributed by atoms with Gasteiger partial charge in [0, 0.05) is 38.0 Å². The highest BCUT2D eigenvalue weighted by molar-refractivity contribution is 5.92. The van der Waals surface area contributed by atoms with E-state index in [0.29, 0.717) is 12.2 Å². The molecule has 2 aromatic heterocycles. The average molecular weight is 302 g/mol. The minimum atomic E-state index is -0.0375. The van der Waals surface area contributed by atoms with Crippen LogP contribution in [0.25, 0.3) is 0 Å². The van der Waals surface area contributed by atoms with E-state index >= 15 is 0 Å². The van der Waals surface area contributed by atoms with Crippen molar-refractivity contribution in [2.24, 2.45) is 13.0 Å². The zero-order valence-electron chi connectivity index (χ0n) is 13.0. The van der Waals surface area contributed by atoms with Crippen LogP contribution in [0.1, 0.15) is 40.8 Å². The molecule has 0 bridgehead atoms. The second kappa shape index (κ2) is 6.36. The number of amides is 1. The Balaban J connectivity index is 1.64. The van der Waals surface area contributed by atoms with E-state index in [2.05, 4.69) is 15.5 Å². The van der Waals surface area contributed by atoms with E-state index < -0.39 is 0 Å². The lowest BCUT2D eigenvalue weighted by Crippen LogP contribution is -2.35. The Hall–Kier alpha value is -2.08. The quantitative estimate of drug-likeness (QED) is 0.907. The third-order valence-corrected chi connectivity index (χ3v) is 4.40. The van der Waals surface area contributed by atoms with Crippen molar-refractivity contribution < 1.29 is 9.53 Å². The Morgan fingerprint density at radius 2 is 2.36 bits per heavy atom. The molecule has 0 aromatic carbocycles. The van der Waals surface area contributed by atoms with E-state index in [-0.39, 0.29) is 17.9 Å². The maximum absolute atomic E-state index is 12.3. The summed E-state index contributed by atoms with van der Waals surface area (Å²) in [6.45, 7) is 3.35. The van der Waals surface area contributed by atoms with Crippen LogP contribution in [0, 0.1) is 12.8 Å². The first-order valence-corrected chi connectivity index (χ1v) is 7.68. The molecule has 0 unspecified atom stereocenters. The van der Waals surface area contributed by atoms with E-state index in [0.717, 1.165) is 30.8 Å². The van der Waals surface area contributed by atoms with Crippen molar-refractivity contribution in [2.45, 2.75) is 25.9 Å². The number of aryl methyl sites for hydroxylation is 1. The molecule has 0 aliphatic carbocycles. The zero-order valence-corrected chi connectivity index (χ0v) is 13.0. The smallest absolute Gasteiger partial charge is 0.267 e. The van der Waals surface area contributed by atoms with Gasteiger partial charge in [-0.25, -0.2) is 0 Å². The number of H-pyrrole nitrogens is 1. The molecule has 22 heavy (non-hydrogen) atoms. The van der Waals surface area contributed by atoms with E-state index in [1.165, 1.54) is 0 Å². The van der Waals surface area contributed by atoms with Crippen molar-refractivity contribution in [3.8, 4) is 0 Å². The molecule has 0 radical (unpaired) electrons. The first-order chi connectivity index (χ1) is 10.7. The van der Waals surface area contributed by atoms with E-state index in [1.54, 1.807) is 6.20 Å². The topological polar surface area (TPSA) is 71.9 Å². The molecule has 1 aliphatic heterocycles. The van der Waals surface area contributed by atoms with Crippen LogP contribution in [-0.2, 0) is 11.8 Å².